The molecule has 104 valence electrons. The number of nitro groups is 1. The molecular formula is C13H14N4O3. The van der Waals surface area contributed by atoms with Gasteiger partial charge in [0.25, 0.3) is 5.69 Å². The molecule has 7 nitrogen and oxygen atoms in total. The van der Waals surface area contributed by atoms with Gasteiger partial charge in [0.2, 0.25) is 11.8 Å². The first-order valence-corrected chi connectivity index (χ1v) is 6.44. The van der Waals surface area contributed by atoms with Crippen LogP contribution in [0.3, 0.4) is 0 Å². The fourth-order valence-electron chi connectivity index (χ4n) is 1.95. The summed E-state index contributed by atoms with van der Waals surface area (Å²) in [6.45, 7) is 2.33. The lowest BCUT2D eigenvalue weighted by molar-refractivity contribution is -0.384. The highest BCUT2D eigenvalue weighted by Gasteiger charge is 2.21. The van der Waals surface area contributed by atoms with Crippen molar-refractivity contribution in [3.63, 3.8) is 0 Å². The molecule has 1 aliphatic carbocycles. The zero-order valence-electron chi connectivity index (χ0n) is 11.0. The Morgan fingerprint density at radius 1 is 1.40 bits per heavy atom. The molecule has 1 saturated carbocycles. The summed E-state index contributed by atoms with van der Waals surface area (Å²) >= 11 is 0. The Balaban J connectivity index is 1.82. The van der Waals surface area contributed by atoms with Crippen molar-refractivity contribution in [2.75, 3.05) is 0 Å². The predicted octanol–water partition coefficient (Wildman–Crippen LogP) is 2.21. The smallest absolute Gasteiger partial charge is 0.270 e. The minimum Gasteiger partial charge on any atom is -0.419 e. The van der Waals surface area contributed by atoms with Crippen molar-refractivity contribution in [3.05, 3.63) is 39.8 Å². The number of non-ortho nitro benzene ring substituents is 1. The number of benzene rings is 1. The summed E-state index contributed by atoms with van der Waals surface area (Å²) in [7, 11) is 0. The van der Waals surface area contributed by atoms with Crippen LogP contribution in [0.25, 0.3) is 11.5 Å². The maximum Gasteiger partial charge on any atom is 0.270 e. The summed E-state index contributed by atoms with van der Waals surface area (Å²) in [6, 6.07) is 5.30. The van der Waals surface area contributed by atoms with Gasteiger partial charge >= 0.3 is 0 Å². The normalized spacial score (nSPS) is 14.4. The Morgan fingerprint density at radius 2 is 2.20 bits per heavy atom. The van der Waals surface area contributed by atoms with Gasteiger partial charge in [-0.15, -0.1) is 10.2 Å². The molecule has 2 aromatic rings. The van der Waals surface area contributed by atoms with Crippen LogP contribution in [0.5, 0.6) is 0 Å². The van der Waals surface area contributed by atoms with Crippen molar-refractivity contribution in [2.45, 2.75) is 32.4 Å². The number of nitrogens with zero attached hydrogens (tertiary/aromatic N) is 3. The third-order valence-corrected chi connectivity index (χ3v) is 3.11. The van der Waals surface area contributed by atoms with Crippen molar-refractivity contribution in [3.8, 4) is 11.5 Å². The molecule has 1 heterocycles. The van der Waals surface area contributed by atoms with Gasteiger partial charge < -0.3 is 9.73 Å². The summed E-state index contributed by atoms with van der Waals surface area (Å²) in [4.78, 5) is 10.4. The van der Waals surface area contributed by atoms with Gasteiger partial charge in [-0.25, -0.2) is 0 Å². The molecule has 3 rings (SSSR count). The molecule has 1 N–H and O–H groups in total. The number of hydrogen-bond donors (Lipinski definition) is 1. The second-order valence-electron chi connectivity index (χ2n) is 4.97. The maximum absolute atomic E-state index is 10.9. The van der Waals surface area contributed by atoms with Crippen molar-refractivity contribution >= 4 is 5.69 Å². The largest absolute Gasteiger partial charge is 0.419 e. The van der Waals surface area contributed by atoms with Crippen LogP contribution in [0.15, 0.2) is 22.6 Å². The Hall–Kier alpha value is -2.28. The number of aryl methyl sites for hydroxylation is 1. The van der Waals surface area contributed by atoms with E-state index in [0.29, 0.717) is 29.9 Å². The van der Waals surface area contributed by atoms with Gasteiger partial charge in [-0.3, -0.25) is 10.1 Å². The highest BCUT2D eigenvalue weighted by molar-refractivity contribution is 5.59. The standard InChI is InChI=1S/C13H14N4O3/c1-8-4-9(6-11(5-8)17(18)19)13-16-15-12(20-13)7-14-10-2-3-10/h4-6,10,14H,2-3,7H2,1H3. The molecular weight excluding hydrogens is 260 g/mol. The lowest BCUT2D eigenvalue weighted by Gasteiger charge is -1.99. The Bertz CT molecular complexity index is 649. The fraction of sp³-hybridized carbons (Fsp3) is 0.385. The molecule has 0 radical (unpaired) electrons. The summed E-state index contributed by atoms with van der Waals surface area (Å²) in [5.41, 5.74) is 1.38. The molecule has 0 spiro atoms. The third-order valence-electron chi connectivity index (χ3n) is 3.11. The van der Waals surface area contributed by atoms with Crippen LogP contribution in [0, 0.1) is 17.0 Å². The molecule has 0 amide bonds. The molecule has 1 aromatic carbocycles. The zero-order valence-corrected chi connectivity index (χ0v) is 11.0. The molecule has 0 bridgehead atoms. The average Bonchev–Trinajstić information content (AvgIpc) is 3.12. The number of nitro benzene ring substituents is 1. The Kier molecular flexibility index (Phi) is 3.19. The predicted molar refractivity (Wildman–Crippen MR) is 71.0 cm³/mol. The van der Waals surface area contributed by atoms with E-state index in [1.165, 1.54) is 25.0 Å². The lowest BCUT2D eigenvalue weighted by atomic mass is 10.1. The topological polar surface area (TPSA) is 94.1 Å². The molecule has 1 aliphatic rings. The second kappa shape index (κ2) is 5.01. The Labute approximate surface area is 115 Å². The number of nitrogens with one attached hydrogen (secondary N) is 1. The Morgan fingerprint density at radius 3 is 2.90 bits per heavy atom. The van der Waals surface area contributed by atoms with Crippen LogP contribution in [0.4, 0.5) is 5.69 Å². The molecule has 20 heavy (non-hydrogen) atoms. The first-order valence-electron chi connectivity index (χ1n) is 6.44. The van der Waals surface area contributed by atoms with E-state index in [0.717, 1.165) is 5.56 Å². The molecule has 0 saturated heterocycles. The summed E-state index contributed by atoms with van der Waals surface area (Å²) in [5.74, 6) is 0.806. The van der Waals surface area contributed by atoms with Crippen LogP contribution in [-0.4, -0.2) is 21.2 Å². The summed E-state index contributed by atoms with van der Waals surface area (Å²) in [6.07, 6.45) is 2.37. The minimum absolute atomic E-state index is 0.0239. The quantitative estimate of drug-likeness (QED) is 0.663. The van der Waals surface area contributed by atoms with E-state index in [1.807, 2.05) is 0 Å². The second-order valence-corrected chi connectivity index (χ2v) is 4.97. The molecule has 0 atom stereocenters. The third kappa shape index (κ3) is 2.83. The van der Waals surface area contributed by atoms with E-state index in [-0.39, 0.29) is 5.69 Å². The van der Waals surface area contributed by atoms with Crippen LogP contribution < -0.4 is 5.32 Å². The highest BCUT2D eigenvalue weighted by atomic mass is 16.6. The summed E-state index contributed by atoms with van der Waals surface area (Å²) in [5, 5.41) is 22.0. The van der Waals surface area contributed by atoms with E-state index in [4.69, 9.17) is 4.42 Å². The van der Waals surface area contributed by atoms with Gasteiger partial charge in [-0.2, -0.15) is 0 Å². The highest BCUT2D eigenvalue weighted by Crippen LogP contribution is 2.25. The van der Waals surface area contributed by atoms with E-state index < -0.39 is 4.92 Å². The fourth-order valence-corrected chi connectivity index (χ4v) is 1.95. The van der Waals surface area contributed by atoms with Gasteiger partial charge in [0.1, 0.15) is 0 Å². The first kappa shape index (κ1) is 12.7. The molecule has 0 unspecified atom stereocenters. The van der Waals surface area contributed by atoms with E-state index >= 15 is 0 Å². The van der Waals surface area contributed by atoms with Gasteiger partial charge in [-0.05, 0) is 31.4 Å². The molecule has 7 heteroatoms. The average molecular weight is 274 g/mol. The van der Waals surface area contributed by atoms with Crippen molar-refractivity contribution in [1.82, 2.24) is 15.5 Å². The van der Waals surface area contributed by atoms with E-state index in [1.54, 1.807) is 13.0 Å². The van der Waals surface area contributed by atoms with Gasteiger partial charge in [0, 0.05) is 23.7 Å². The minimum atomic E-state index is -0.428. The number of rotatable bonds is 5. The summed E-state index contributed by atoms with van der Waals surface area (Å²) < 4.78 is 5.53. The van der Waals surface area contributed by atoms with Gasteiger partial charge in [0.05, 0.1) is 11.5 Å². The monoisotopic (exact) mass is 274 g/mol. The van der Waals surface area contributed by atoms with Gasteiger partial charge in [-0.1, -0.05) is 0 Å². The first-order chi connectivity index (χ1) is 9.61. The molecule has 1 fully saturated rings. The van der Waals surface area contributed by atoms with Crippen LogP contribution in [-0.2, 0) is 6.54 Å². The van der Waals surface area contributed by atoms with Crippen LogP contribution in [0.2, 0.25) is 0 Å². The lowest BCUT2D eigenvalue weighted by Crippen LogP contribution is -2.15. The van der Waals surface area contributed by atoms with Crippen LogP contribution >= 0.6 is 0 Å². The molecule has 0 aliphatic heterocycles. The maximum atomic E-state index is 10.9. The van der Waals surface area contributed by atoms with E-state index in [2.05, 4.69) is 15.5 Å². The van der Waals surface area contributed by atoms with Gasteiger partial charge in [0.15, 0.2) is 0 Å². The van der Waals surface area contributed by atoms with Crippen molar-refractivity contribution in [2.24, 2.45) is 0 Å². The molecule has 1 aromatic heterocycles. The van der Waals surface area contributed by atoms with Crippen molar-refractivity contribution < 1.29 is 9.34 Å². The number of aromatic nitrogens is 2. The van der Waals surface area contributed by atoms with Crippen molar-refractivity contribution in [1.29, 1.82) is 0 Å². The van der Waals surface area contributed by atoms with Crippen LogP contribution in [0.1, 0.15) is 24.3 Å². The SMILES string of the molecule is Cc1cc(-c2nnc(CNC3CC3)o2)cc([N+](=O)[O-])c1. The van der Waals surface area contributed by atoms with E-state index in [9.17, 15) is 10.1 Å². The zero-order chi connectivity index (χ0) is 14.1. The number of hydrogen-bond acceptors (Lipinski definition) is 6.